The van der Waals surface area contributed by atoms with Gasteiger partial charge in [0, 0.05) is 0 Å². The molecule has 0 saturated heterocycles. The predicted octanol–water partition coefficient (Wildman–Crippen LogP) is 1.71. The standard InChI is InChI=1S/C3H4ClF/c1-2-3(4)5/h2-3H,1H2. The summed E-state index contributed by atoms with van der Waals surface area (Å²) >= 11 is 4.68. The molecule has 0 bridgehead atoms. The van der Waals surface area contributed by atoms with E-state index in [1.807, 2.05) is 0 Å². The lowest BCUT2D eigenvalue weighted by molar-refractivity contribution is 0.513. The van der Waals surface area contributed by atoms with Gasteiger partial charge in [0.1, 0.15) is 0 Å². The van der Waals surface area contributed by atoms with Crippen molar-refractivity contribution in [1.29, 1.82) is 0 Å². The van der Waals surface area contributed by atoms with Crippen LogP contribution < -0.4 is 0 Å². The fourth-order valence-electron chi connectivity index (χ4n) is 0. The van der Waals surface area contributed by atoms with Crippen molar-refractivity contribution in [2.75, 3.05) is 0 Å². The van der Waals surface area contributed by atoms with E-state index in [0.717, 1.165) is 6.08 Å². The molecule has 1 unspecified atom stereocenters. The van der Waals surface area contributed by atoms with E-state index in [-0.39, 0.29) is 0 Å². The molecule has 0 N–H and O–H groups in total. The van der Waals surface area contributed by atoms with Gasteiger partial charge in [-0.2, -0.15) is 0 Å². The van der Waals surface area contributed by atoms with Crippen LogP contribution in [-0.2, 0) is 0 Å². The van der Waals surface area contributed by atoms with Crippen LogP contribution in [-0.4, -0.2) is 5.63 Å². The zero-order chi connectivity index (χ0) is 4.28. The van der Waals surface area contributed by atoms with Crippen molar-refractivity contribution < 1.29 is 4.39 Å². The highest BCUT2D eigenvalue weighted by Gasteiger charge is 1.83. The van der Waals surface area contributed by atoms with Crippen molar-refractivity contribution in [1.82, 2.24) is 0 Å². The van der Waals surface area contributed by atoms with Gasteiger partial charge in [-0.05, 0) is 6.08 Å². The molecule has 2 heteroatoms. The summed E-state index contributed by atoms with van der Waals surface area (Å²) in [6, 6.07) is 0. The van der Waals surface area contributed by atoms with Crippen LogP contribution in [0.5, 0.6) is 0 Å². The minimum absolute atomic E-state index is 1.02. The van der Waals surface area contributed by atoms with Crippen molar-refractivity contribution >= 4 is 11.6 Å². The van der Waals surface area contributed by atoms with E-state index in [9.17, 15) is 4.39 Å². The van der Waals surface area contributed by atoms with E-state index in [1.54, 1.807) is 0 Å². The molecule has 0 spiro atoms. The third-order valence-electron chi connectivity index (χ3n) is 0.178. The Hall–Kier alpha value is -0.0400. The molecular weight excluding hydrogens is 90.5 g/mol. The second-order valence-electron chi connectivity index (χ2n) is 0.570. The first-order valence-corrected chi connectivity index (χ1v) is 1.61. The molecular formula is C3H4ClF. The normalized spacial score (nSPS) is 14.0. The molecule has 0 heterocycles. The lowest BCUT2D eigenvalue weighted by Crippen LogP contribution is -1.71. The maximum absolute atomic E-state index is 11.1. The lowest BCUT2D eigenvalue weighted by atomic mass is 10.7. The van der Waals surface area contributed by atoms with Crippen LogP contribution in [0.25, 0.3) is 0 Å². The van der Waals surface area contributed by atoms with Gasteiger partial charge in [-0.1, -0.05) is 18.2 Å². The SMILES string of the molecule is C=CC(F)Cl. The highest BCUT2D eigenvalue weighted by molar-refractivity contribution is 6.20. The molecule has 0 aliphatic carbocycles. The fraction of sp³-hybridized carbons (Fsp3) is 0.333. The maximum atomic E-state index is 11.1. The summed E-state index contributed by atoms with van der Waals surface area (Å²) in [4.78, 5) is 0. The maximum Gasteiger partial charge on any atom is 0.191 e. The summed E-state index contributed by atoms with van der Waals surface area (Å²) in [6.45, 7) is 3.05. The van der Waals surface area contributed by atoms with Crippen LogP contribution in [0, 0.1) is 0 Å². The van der Waals surface area contributed by atoms with Crippen LogP contribution in [0.2, 0.25) is 0 Å². The Morgan fingerprint density at radius 3 is 2.20 bits per heavy atom. The van der Waals surface area contributed by atoms with Crippen molar-refractivity contribution in [3.8, 4) is 0 Å². The van der Waals surface area contributed by atoms with Crippen LogP contribution in [0.3, 0.4) is 0 Å². The van der Waals surface area contributed by atoms with E-state index >= 15 is 0 Å². The molecule has 5 heavy (non-hydrogen) atoms. The Morgan fingerprint density at radius 2 is 2.20 bits per heavy atom. The van der Waals surface area contributed by atoms with E-state index in [4.69, 9.17) is 0 Å². The van der Waals surface area contributed by atoms with Gasteiger partial charge in [-0.15, -0.1) is 0 Å². The molecule has 1 atom stereocenters. The monoisotopic (exact) mass is 94.0 g/mol. The van der Waals surface area contributed by atoms with Crippen LogP contribution in [0.15, 0.2) is 12.7 Å². The zero-order valence-electron chi connectivity index (χ0n) is 2.62. The van der Waals surface area contributed by atoms with Gasteiger partial charge in [0.05, 0.1) is 0 Å². The molecule has 30 valence electrons. The second-order valence-corrected chi connectivity index (χ2v) is 0.987. The number of hydrogen-bond donors (Lipinski definition) is 0. The van der Waals surface area contributed by atoms with Gasteiger partial charge in [-0.3, -0.25) is 0 Å². The average molecular weight is 94.5 g/mol. The number of rotatable bonds is 1. The Bertz CT molecular complexity index is 33.9. The summed E-state index contributed by atoms with van der Waals surface area (Å²) in [5.74, 6) is 0. The Kier molecular flexibility index (Phi) is 2.19. The molecule has 0 rings (SSSR count). The summed E-state index contributed by atoms with van der Waals surface area (Å²) in [5.41, 5.74) is -1.38. The van der Waals surface area contributed by atoms with Gasteiger partial charge >= 0.3 is 0 Å². The number of halogens is 2. The second kappa shape index (κ2) is 2.21. The highest BCUT2D eigenvalue weighted by atomic mass is 35.5. The molecule has 0 aromatic heterocycles. The number of allylic oxidation sites excluding steroid dienone is 1. The van der Waals surface area contributed by atoms with Crippen LogP contribution in [0.4, 0.5) is 4.39 Å². The molecule has 0 fully saturated rings. The van der Waals surface area contributed by atoms with Gasteiger partial charge in [0.2, 0.25) is 0 Å². The van der Waals surface area contributed by atoms with Crippen molar-refractivity contribution in [2.45, 2.75) is 5.63 Å². The third kappa shape index (κ3) is 3.96. The molecule has 0 aliphatic rings. The molecule has 0 aliphatic heterocycles. The van der Waals surface area contributed by atoms with E-state index < -0.39 is 5.63 Å². The summed E-state index contributed by atoms with van der Waals surface area (Å²) in [5, 5.41) is 0. The molecule has 0 nitrogen and oxygen atoms in total. The topological polar surface area (TPSA) is 0 Å². The van der Waals surface area contributed by atoms with Crippen LogP contribution >= 0.6 is 11.6 Å². The van der Waals surface area contributed by atoms with E-state index in [1.165, 1.54) is 0 Å². The smallest absolute Gasteiger partial charge is 0.191 e. The summed E-state index contributed by atoms with van der Waals surface area (Å²) in [6.07, 6.45) is 1.02. The molecule has 0 saturated carbocycles. The average Bonchev–Trinajstić information content (AvgIpc) is 1.38. The third-order valence-corrected chi connectivity index (χ3v) is 0.356. The number of alkyl halides is 2. The van der Waals surface area contributed by atoms with E-state index in [2.05, 4.69) is 18.2 Å². The van der Waals surface area contributed by atoms with Crippen LogP contribution in [0.1, 0.15) is 0 Å². The van der Waals surface area contributed by atoms with Crippen molar-refractivity contribution in [3.63, 3.8) is 0 Å². The zero-order valence-corrected chi connectivity index (χ0v) is 3.37. The van der Waals surface area contributed by atoms with Gasteiger partial charge in [0.25, 0.3) is 0 Å². The first-order chi connectivity index (χ1) is 2.27. The minimum Gasteiger partial charge on any atom is -0.225 e. The Labute approximate surface area is 35.2 Å². The predicted molar refractivity (Wildman–Crippen MR) is 20.9 cm³/mol. The van der Waals surface area contributed by atoms with Gasteiger partial charge < -0.3 is 0 Å². The molecule has 0 aromatic carbocycles. The van der Waals surface area contributed by atoms with E-state index in [0.29, 0.717) is 0 Å². The summed E-state index contributed by atoms with van der Waals surface area (Å²) in [7, 11) is 0. The Morgan fingerprint density at radius 1 is 2.00 bits per heavy atom. The Balaban J connectivity index is 2.83. The van der Waals surface area contributed by atoms with Gasteiger partial charge in [-0.25, -0.2) is 4.39 Å². The van der Waals surface area contributed by atoms with Gasteiger partial charge in [0.15, 0.2) is 5.63 Å². The molecule has 0 amide bonds. The quantitative estimate of drug-likeness (QED) is 0.343. The summed E-state index contributed by atoms with van der Waals surface area (Å²) < 4.78 is 11.1. The first kappa shape index (κ1) is 4.96. The fourth-order valence-corrected chi connectivity index (χ4v) is 0. The largest absolute Gasteiger partial charge is 0.225 e. The molecule has 0 radical (unpaired) electrons. The van der Waals surface area contributed by atoms with Crippen molar-refractivity contribution in [2.24, 2.45) is 0 Å². The lowest BCUT2D eigenvalue weighted by Gasteiger charge is -1.76. The highest BCUT2D eigenvalue weighted by Crippen LogP contribution is 1.93. The number of hydrogen-bond acceptors (Lipinski definition) is 0. The van der Waals surface area contributed by atoms with Crippen molar-refractivity contribution in [3.05, 3.63) is 12.7 Å². The first-order valence-electron chi connectivity index (χ1n) is 1.18. The minimum atomic E-state index is -1.38. The molecule has 0 aromatic rings.